The molecule has 0 unspecified atom stereocenters. The summed E-state index contributed by atoms with van der Waals surface area (Å²) in [4.78, 5) is 27.9. The lowest BCUT2D eigenvalue weighted by Crippen LogP contribution is -2.47. The Morgan fingerprint density at radius 3 is 2.78 bits per heavy atom. The van der Waals surface area contributed by atoms with Gasteiger partial charge < -0.3 is 20.1 Å². The Bertz CT molecular complexity index is 1550. The maximum atomic E-state index is 15.1. The Morgan fingerprint density at radius 2 is 2.00 bits per heavy atom. The van der Waals surface area contributed by atoms with Crippen LogP contribution in [0.25, 0.3) is 16.6 Å². The normalized spacial score (nSPS) is 19.3. The number of nitrogen functional groups attached to an aromatic ring is 1. The highest BCUT2D eigenvalue weighted by Crippen LogP contribution is 2.46. The van der Waals surface area contributed by atoms with Gasteiger partial charge in [-0.2, -0.15) is 0 Å². The van der Waals surface area contributed by atoms with Gasteiger partial charge in [-0.3, -0.25) is 9.20 Å². The number of hydrogen-bond donors (Lipinski definition) is 1. The number of alkyl halides is 3. The van der Waals surface area contributed by atoms with Crippen molar-refractivity contribution in [3.8, 4) is 11.5 Å². The molecule has 2 aliphatic heterocycles. The number of aryl methyl sites for hydroxylation is 1. The van der Waals surface area contributed by atoms with E-state index in [0.717, 1.165) is 6.07 Å². The number of aromatic nitrogens is 4. The average molecular weight is 502 g/mol. The fourth-order valence-electron chi connectivity index (χ4n) is 5.00. The first kappa shape index (κ1) is 22.3. The van der Waals surface area contributed by atoms with Crippen LogP contribution < -0.4 is 15.2 Å². The van der Waals surface area contributed by atoms with Crippen molar-refractivity contribution in [1.29, 1.82) is 0 Å². The molecule has 2 aliphatic rings. The molecule has 186 valence electrons. The van der Waals surface area contributed by atoms with Crippen LogP contribution >= 0.6 is 0 Å². The van der Waals surface area contributed by atoms with Crippen molar-refractivity contribution in [3.63, 3.8) is 0 Å². The Hall–Kier alpha value is -4.16. The molecular formula is C23H18F4N6O3. The summed E-state index contributed by atoms with van der Waals surface area (Å²) in [6, 6.07) is 2.49. The van der Waals surface area contributed by atoms with Gasteiger partial charge in [-0.1, -0.05) is 0 Å². The standard InChI is InChI=1S/C23H18F4N6O3/c1-10-29-9-18-21(28)31-15-8-30-14(7-16(15)33(10)18)22(34)32-3-2-11-5-17(32)20-13(24)4-12(6-19(20)35-11)36-23(25,26)27/h4,6-9,11,17H,2-3,5H2,1H3,(H2,28,31)/t11-,17+/m0/s1. The fraction of sp³-hybridized carbons (Fsp3) is 0.304. The van der Waals surface area contributed by atoms with Gasteiger partial charge in [0.15, 0.2) is 0 Å². The van der Waals surface area contributed by atoms with Gasteiger partial charge in [0.05, 0.1) is 29.5 Å². The highest BCUT2D eigenvalue weighted by Gasteiger charge is 2.42. The summed E-state index contributed by atoms with van der Waals surface area (Å²) in [5.41, 5.74) is 7.76. The summed E-state index contributed by atoms with van der Waals surface area (Å²) in [6.45, 7) is 2.05. The van der Waals surface area contributed by atoms with Crippen LogP contribution in [0.15, 0.2) is 30.6 Å². The second-order valence-electron chi connectivity index (χ2n) is 8.72. The van der Waals surface area contributed by atoms with E-state index in [4.69, 9.17) is 10.5 Å². The third-order valence-electron chi connectivity index (χ3n) is 6.50. The van der Waals surface area contributed by atoms with E-state index < -0.39 is 29.9 Å². The van der Waals surface area contributed by atoms with Crippen molar-refractivity contribution in [2.24, 2.45) is 0 Å². The number of piperidine rings is 1. The molecule has 9 nitrogen and oxygen atoms in total. The van der Waals surface area contributed by atoms with Gasteiger partial charge in [-0.05, 0) is 13.0 Å². The number of pyridine rings is 1. The first-order valence-electron chi connectivity index (χ1n) is 11.0. The number of halogens is 4. The minimum Gasteiger partial charge on any atom is -0.490 e. The second kappa shape index (κ2) is 7.67. The monoisotopic (exact) mass is 502 g/mol. The van der Waals surface area contributed by atoms with Crippen molar-refractivity contribution in [1.82, 2.24) is 24.3 Å². The van der Waals surface area contributed by atoms with Crippen molar-refractivity contribution < 1.29 is 31.8 Å². The Kier molecular flexibility index (Phi) is 4.75. The molecule has 1 saturated heterocycles. The summed E-state index contributed by atoms with van der Waals surface area (Å²) in [7, 11) is 0. The number of likely N-dealkylation sites (tertiary alicyclic amines) is 1. The quantitative estimate of drug-likeness (QED) is 0.414. The minimum atomic E-state index is -4.98. The van der Waals surface area contributed by atoms with Gasteiger partial charge in [-0.25, -0.2) is 19.3 Å². The van der Waals surface area contributed by atoms with E-state index in [1.807, 2.05) is 0 Å². The van der Waals surface area contributed by atoms with Crippen molar-refractivity contribution >= 4 is 28.3 Å². The maximum Gasteiger partial charge on any atom is 0.573 e. The van der Waals surface area contributed by atoms with Crippen LogP contribution in [0.4, 0.5) is 23.4 Å². The highest BCUT2D eigenvalue weighted by molar-refractivity contribution is 5.96. The molecule has 5 heterocycles. The van der Waals surface area contributed by atoms with E-state index in [1.165, 1.54) is 11.1 Å². The van der Waals surface area contributed by atoms with Crippen LogP contribution in [0.5, 0.6) is 11.5 Å². The molecule has 0 radical (unpaired) electrons. The van der Waals surface area contributed by atoms with Crippen molar-refractivity contribution in [3.05, 3.63) is 53.5 Å². The number of anilines is 1. The van der Waals surface area contributed by atoms with Gasteiger partial charge in [0, 0.05) is 31.5 Å². The summed E-state index contributed by atoms with van der Waals surface area (Å²) in [5, 5.41) is 0. The molecule has 0 saturated carbocycles. The number of ether oxygens (including phenoxy) is 2. The number of carbonyl (C=O) groups is 1. The van der Waals surface area contributed by atoms with Crippen LogP contribution in [0.2, 0.25) is 0 Å². The maximum absolute atomic E-state index is 15.1. The summed E-state index contributed by atoms with van der Waals surface area (Å²) in [6.07, 6.45) is -1.62. The van der Waals surface area contributed by atoms with Gasteiger partial charge in [-0.15, -0.1) is 13.2 Å². The van der Waals surface area contributed by atoms with Crippen LogP contribution in [0.1, 0.15) is 40.8 Å². The van der Waals surface area contributed by atoms with Gasteiger partial charge in [0.25, 0.3) is 5.91 Å². The van der Waals surface area contributed by atoms with E-state index in [9.17, 15) is 18.0 Å². The van der Waals surface area contributed by atoms with Crippen molar-refractivity contribution in [2.45, 2.75) is 38.3 Å². The number of carbonyl (C=O) groups excluding carboxylic acids is 1. The molecule has 1 aromatic carbocycles. The lowest BCUT2D eigenvalue weighted by molar-refractivity contribution is -0.274. The number of amides is 1. The molecule has 2 bridgehead atoms. The van der Waals surface area contributed by atoms with Gasteiger partial charge >= 0.3 is 6.36 Å². The Morgan fingerprint density at radius 1 is 1.19 bits per heavy atom. The topological polar surface area (TPSA) is 108 Å². The molecule has 0 aliphatic carbocycles. The predicted octanol–water partition coefficient (Wildman–Crippen LogP) is 3.94. The molecule has 0 spiro atoms. The first-order valence-corrected chi connectivity index (χ1v) is 11.0. The molecule has 36 heavy (non-hydrogen) atoms. The number of benzene rings is 1. The minimum absolute atomic E-state index is 0.0110. The average Bonchev–Trinajstić information content (AvgIpc) is 3.20. The SMILES string of the molecule is Cc1ncc2c(N)nc3cnc(C(=O)N4CC[C@H]5C[C@@H]4c4c(F)cc(OC(F)(F)F)cc4O5)cc3n12. The summed E-state index contributed by atoms with van der Waals surface area (Å²) < 4.78 is 64.4. The molecule has 13 heteroatoms. The largest absolute Gasteiger partial charge is 0.573 e. The number of imidazole rings is 1. The number of rotatable bonds is 2. The second-order valence-corrected chi connectivity index (χ2v) is 8.72. The molecule has 2 atom stereocenters. The molecule has 2 N–H and O–H groups in total. The zero-order valence-electron chi connectivity index (χ0n) is 18.7. The Balaban J connectivity index is 1.40. The molecule has 1 fully saturated rings. The van der Waals surface area contributed by atoms with Crippen LogP contribution in [0, 0.1) is 12.7 Å². The third kappa shape index (κ3) is 3.53. The van der Waals surface area contributed by atoms with Crippen LogP contribution in [-0.4, -0.2) is 49.2 Å². The van der Waals surface area contributed by atoms with Crippen LogP contribution in [0.3, 0.4) is 0 Å². The van der Waals surface area contributed by atoms with E-state index in [-0.39, 0.29) is 35.5 Å². The number of nitrogens with zero attached hydrogens (tertiary/aromatic N) is 5. The number of nitrogens with two attached hydrogens (primary N) is 1. The van der Waals surface area contributed by atoms with E-state index in [0.29, 0.717) is 41.3 Å². The molecule has 3 aromatic heterocycles. The first-order chi connectivity index (χ1) is 17.1. The third-order valence-corrected chi connectivity index (χ3v) is 6.50. The molecule has 4 aromatic rings. The van der Waals surface area contributed by atoms with Gasteiger partial charge in [0.2, 0.25) is 0 Å². The zero-order chi connectivity index (χ0) is 25.4. The van der Waals surface area contributed by atoms with Gasteiger partial charge in [0.1, 0.15) is 51.8 Å². The Labute approximate surface area is 200 Å². The summed E-state index contributed by atoms with van der Waals surface area (Å²) in [5.74, 6) is -1.28. The van der Waals surface area contributed by atoms with Crippen LogP contribution in [-0.2, 0) is 0 Å². The lowest BCUT2D eigenvalue weighted by Gasteiger charge is -2.43. The fourth-order valence-corrected chi connectivity index (χ4v) is 5.00. The number of fused-ring (bicyclic) bond motifs is 7. The van der Waals surface area contributed by atoms with E-state index >= 15 is 4.39 Å². The molecule has 6 rings (SSSR count). The smallest absolute Gasteiger partial charge is 0.490 e. The van der Waals surface area contributed by atoms with Crippen molar-refractivity contribution in [2.75, 3.05) is 12.3 Å². The van der Waals surface area contributed by atoms with E-state index in [1.54, 1.807) is 23.6 Å². The summed E-state index contributed by atoms with van der Waals surface area (Å²) >= 11 is 0. The van der Waals surface area contributed by atoms with E-state index in [2.05, 4.69) is 19.7 Å². The zero-order valence-corrected chi connectivity index (χ0v) is 18.7. The predicted molar refractivity (Wildman–Crippen MR) is 118 cm³/mol. The molecule has 1 amide bonds. The molecular weight excluding hydrogens is 484 g/mol. The lowest BCUT2D eigenvalue weighted by atomic mass is 9.89. The highest BCUT2D eigenvalue weighted by atomic mass is 19.4. The number of hydrogen-bond acceptors (Lipinski definition) is 7.